The normalized spacial score (nSPS) is 16.0. The van der Waals surface area contributed by atoms with Crippen molar-refractivity contribution in [2.45, 2.75) is 32.4 Å². The van der Waals surface area contributed by atoms with E-state index in [9.17, 15) is 10.1 Å². The van der Waals surface area contributed by atoms with Gasteiger partial charge in [0.2, 0.25) is 0 Å². The third-order valence-electron chi connectivity index (χ3n) is 4.62. The van der Waals surface area contributed by atoms with Crippen LogP contribution in [0.1, 0.15) is 24.0 Å². The van der Waals surface area contributed by atoms with Crippen molar-refractivity contribution in [2.75, 3.05) is 18.4 Å². The van der Waals surface area contributed by atoms with Gasteiger partial charge in [0.15, 0.2) is 0 Å². The van der Waals surface area contributed by atoms with Crippen molar-refractivity contribution in [3.05, 3.63) is 69.8 Å². The first kappa shape index (κ1) is 16.5. The Kier molecular flexibility index (Phi) is 5.11. The van der Waals surface area contributed by atoms with E-state index >= 15 is 0 Å². The second-order valence-electron chi connectivity index (χ2n) is 6.44. The lowest BCUT2D eigenvalue weighted by atomic mass is 10.0. The number of nitrogens with zero attached hydrogens (tertiary/aromatic N) is 2. The van der Waals surface area contributed by atoms with Crippen molar-refractivity contribution in [2.24, 2.45) is 0 Å². The molecule has 0 spiro atoms. The van der Waals surface area contributed by atoms with Gasteiger partial charge in [-0.05, 0) is 37.0 Å². The number of anilines is 1. The molecule has 3 rings (SSSR count). The van der Waals surface area contributed by atoms with Gasteiger partial charge in [-0.25, -0.2) is 0 Å². The lowest BCUT2D eigenvalue weighted by Gasteiger charge is -2.33. The fourth-order valence-corrected chi connectivity index (χ4v) is 3.22. The summed E-state index contributed by atoms with van der Waals surface area (Å²) in [4.78, 5) is 12.9. The molecule has 126 valence electrons. The molecule has 0 atom stereocenters. The van der Waals surface area contributed by atoms with E-state index in [0.717, 1.165) is 38.0 Å². The zero-order valence-corrected chi connectivity index (χ0v) is 13.9. The Morgan fingerprint density at radius 1 is 1.17 bits per heavy atom. The molecule has 0 aliphatic carbocycles. The van der Waals surface area contributed by atoms with Crippen LogP contribution in [0.25, 0.3) is 0 Å². The third-order valence-corrected chi connectivity index (χ3v) is 4.62. The molecule has 0 saturated carbocycles. The van der Waals surface area contributed by atoms with Crippen LogP contribution in [-0.2, 0) is 6.54 Å². The second-order valence-corrected chi connectivity index (χ2v) is 6.44. The topological polar surface area (TPSA) is 58.4 Å². The number of rotatable bonds is 5. The summed E-state index contributed by atoms with van der Waals surface area (Å²) in [6.07, 6.45) is 2.17. The highest BCUT2D eigenvalue weighted by atomic mass is 16.6. The highest BCUT2D eigenvalue weighted by Crippen LogP contribution is 2.21. The maximum Gasteiger partial charge on any atom is 0.269 e. The Balaban J connectivity index is 1.53. The summed E-state index contributed by atoms with van der Waals surface area (Å²) in [6.45, 7) is 4.91. The molecule has 1 heterocycles. The second kappa shape index (κ2) is 7.45. The molecular formula is C19H23N3O2. The zero-order valence-electron chi connectivity index (χ0n) is 13.9. The summed E-state index contributed by atoms with van der Waals surface area (Å²) in [5.74, 6) is 0. The average Bonchev–Trinajstić information content (AvgIpc) is 2.59. The smallest absolute Gasteiger partial charge is 0.269 e. The van der Waals surface area contributed by atoms with E-state index in [1.807, 2.05) is 6.07 Å². The van der Waals surface area contributed by atoms with E-state index in [0.29, 0.717) is 6.04 Å². The van der Waals surface area contributed by atoms with Gasteiger partial charge in [-0.15, -0.1) is 0 Å². The third kappa shape index (κ3) is 4.11. The number of likely N-dealkylation sites (tertiary alicyclic amines) is 1. The minimum atomic E-state index is -0.332. The van der Waals surface area contributed by atoms with Crippen LogP contribution in [0.5, 0.6) is 0 Å². The summed E-state index contributed by atoms with van der Waals surface area (Å²) >= 11 is 0. The number of aryl methyl sites for hydroxylation is 1. The Morgan fingerprint density at radius 3 is 2.62 bits per heavy atom. The van der Waals surface area contributed by atoms with Crippen molar-refractivity contribution in [1.29, 1.82) is 0 Å². The largest absolute Gasteiger partial charge is 0.382 e. The average molecular weight is 325 g/mol. The summed E-state index contributed by atoms with van der Waals surface area (Å²) in [5.41, 5.74) is 3.67. The highest BCUT2D eigenvalue weighted by Gasteiger charge is 2.20. The molecule has 24 heavy (non-hydrogen) atoms. The summed E-state index contributed by atoms with van der Waals surface area (Å²) in [6, 6.07) is 15.8. The number of hydrogen-bond donors (Lipinski definition) is 1. The molecule has 1 aliphatic heterocycles. The van der Waals surface area contributed by atoms with Crippen LogP contribution in [0, 0.1) is 17.0 Å². The van der Waals surface area contributed by atoms with E-state index in [2.05, 4.69) is 41.4 Å². The molecule has 1 aliphatic rings. The molecule has 0 amide bonds. The summed E-state index contributed by atoms with van der Waals surface area (Å²) in [5, 5.41) is 14.5. The highest BCUT2D eigenvalue weighted by molar-refractivity contribution is 5.51. The lowest BCUT2D eigenvalue weighted by Crippen LogP contribution is -2.38. The molecule has 2 aromatic rings. The standard InChI is InChI=1S/C19H23N3O2/c1-15-5-2-3-8-19(15)20-17-9-11-21(12-10-17)14-16-6-4-7-18(13-16)22(23)24/h2-8,13,17,20H,9-12,14H2,1H3. The van der Waals surface area contributed by atoms with Crippen LogP contribution >= 0.6 is 0 Å². The predicted octanol–water partition coefficient (Wildman–Crippen LogP) is 3.98. The van der Waals surface area contributed by atoms with Crippen molar-refractivity contribution < 1.29 is 4.92 Å². The van der Waals surface area contributed by atoms with Gasteiger partial charge in [0.25, 0.3) is 5.69 Å². The Hall–Kier alpha value is -2.40. The van der Waals surface area contributed by atoms with Gasteiger partial charge < -0.3 is 5.32 Å². The molecule has 0 bridgehead atoms. The molecular weight excluding hydrogens is 302 g/mol. The van der Waals surface area contributed by atoms with Crippen LogP contribution in [-0.4, -0.2) is 29.0 Å². The van der Waals surface area contributed by atoms with Crippen LogP contribution in [0.2, 0.25) is 0 Å². The number of nitrogens with one attached hydrogen (secondary N) is 1. The maximum absolute atomic E-state index is 10.9. The first-order valence-corrected chi connectivity index (χ1v) is 8.39. The van der Waals surface area contributed by atoms with E-state index in [1.54, 1.807) is 18.2 Å². The van der Waals surface area contributed by atoms with Crippen molar-refractivity contribution in [3.8, 4) is 0 Å². The molecule has 0 radical (unpaired) electrons. The number of piperidine rings is 1. The van der Waals surface area contributed by atoms with Gasteiger partial charge in [-0.2, -0.15) is 0 Å². The van der Waals surface area contributed by atoms with E-state index < -0.39 is 0 Å². The number of nitro benzene ring substituents is 1. The first-order chi connectivity index (χ1) is 11.6. The molecule has 2 aromatic carbocycles. The Bertz CT molecular complexity index is 709. The van der Waals surface area contributed by atoms with Gasteiger partial charge in [0, 0.05) is 43.5 Å². The molecule has 0 unspecified atom stereocenters. The van der Waals surface area contributed by atoms with Gasteiger partial charge in [-0.3, -0.25) is 15.0 Å². The van der Waals surface area contributed by atoms with Gasteiger partial charge in [-0.1, -0.05) is 30.3 Å². The molecule has 1 N–H and O–H groups in total. The number of nitro groups is 1. The SMILES string of the molecule is Cc1ccccc1NC1CCN(Cc2cccc([N+](=O)[O-])c2)CC1. The van der Waals surface area contributed by atoms with Crippen LogP contribution in [0.4, 0.5) is 11.4 Å². The predicted molar refractivity (Wildman–Crippen MR) is 96.2 cm³/mol. The first-order valence-electron chi connectivity index (χ1n) is 8.39. The number of non-ortho nitro benzene ring substituents is 1. The van der Waals surface area contributed by atoms with Gasteiger partial charge in [0.05, 0.1) is 4.92 Å². The summed E-state index contributed by atoms with van der Waals surface area (Å²) in [7, 11) is 0. The fraction of sp³-hybridized carbons (Fsp3) is 0.368. The van der Waals surface area contributed by atoms with Crippen LogP contribution in [0.15, 0.2) is 48.5 Å². The summed E-state index contributed by atoms with van der Waals surface area (Å²) < 4.78 is 0. The Morgan fingerprint density at radius 2 is 1.92 bits per heavy atom. The van der Waals surface area contributed by atoms with E-state index in [-0.39, 0.29) is 10.6 Å². The molecule has 0 aromatic heterocycles. The van der Waals surface area contributed by atoms with Gasteiger partial charge >= 0.3 is 0 Å². The quantitative estimate of drug-likeness (QED) is 0.667. The van der Waals surface area contributed by atoms with Crippen molar-refractivity contribution in [3.63, 3.8) is 0 Å². The number of para-hydroxylation sites is 1. The number of benzene rings is 2. The molecule has 1 fully saturated rings. The van der Waals surface area contributed by atoms with E-state index in [1.165, 1.54) is 11.3 Å². The Labute approximate surface area is 142 Å². The molecule has 5 nitrogen and oxygen atoms in total. The van der Waals surface area contributed by atoms with Crippen LogP contribution in [0.3, 0.4) is 0 Å². The monoisotopic (exact) mass is 325 g/mol. The van der Waals surface area contributed by atoms with E-state index in [4.69, 9.17) is 0 Å². The van der Waals surface area contributed by atoms with Gasteiger partial charge in [0.1, 0.15) is 0 Å². The van der Waals surface area contributed by atoms with Crippen molar-refractivity contribution in [1.82, 2.24) is 4.90 Å². The van der Waals surface area contributed by atoms with Crippen molar-refractivity contribution >= 4 is 11.4 Å². The molecule has 1 saturated heterocycles. The number of hydrogen-bond acceptors (Lipinski definition) is 4. The lowest BCUT2D eigenvalue weighted by molar-refractivity contribution is -0.384. The fourth-order valence-electron chi connectivity index (χ4n) is 3.22. The maximum atomic E-state index is 10.9. The minimum absolute atomic E-state index is 0.170. The van der Waals surface area contributed by atoms with Crippen LogP contribution < -0.4 is 5.32 Å². The zero-order chi connectivity index (χ0) is 16.9. The molecule has 5 heteroatoms. The minimum Gasteiger partial charge on any atom is -0.382 e.